The molecule has 0 N–H and O–H groups in total. The molecule has 0 saturated carbocycles. The molecule has 1 saturated heterocycles. The van der Waals surface area contributed by atoms with Crippen molar-refractivity contribution in [3.63, 3.8) is 0 Å². The second-order valence-electron chi connectivity index (χ2n) is 4.27. The smallest absolute Gasteiger partial charge is 0.246 e. The highest BCUT2D eigenvalue weighted by atomic mass is 19.1. The molecule has 14 heavy (non-hydrogen) atoms. The fraction of sp³-hybridized carbons (Fsp3) is 0.700. The maximum atomic E-state index is 13.0. The first-order valence-corrected chi connectivity index (χ1v) is 4.70. The molecule has 1 aliphatic heterocycles. The SMILES string of the molecule is CN(C)C/C=C/C(=O)N1CC(C)(F)C1. The predicted octanol–water partition coefficient (Wildman–Crippen LogP) is 0.675. The molecule has 1 amide bonds. The summed E-state index contributed by atoms with van der Waals surface area (Å²) in [7, 11) is 3.86. The van der Waals surface area contributed by atoms with Crippen molar-refractivity contribution in [3.8, 4) is 0 Å². The number of hydrogen-bond donors (Lipinski definition) is 0. The second-order valence-corrected chi connectivity index (χ2v) is 4.27. The molecule has 0 aromatic carbocycles. The Morgan fingerprint density at radius 2 is 2.14 bits per heavy atom. The van der Waals surface area contributed by atoms with E-state index in [0.717, 1.165) is 6.54 Å². The highest BCUT2D eigenvalue weighted by Crippen LogP contribution is 2.24. The van der Waals surface area contributed by atoms with Gasteiger partial charge in [-0.2, -0.15) is 0 Å². The summed E-state index contributed by atoms with van der Waals surface area (Å²) in [4.78, 5) is 14.8. The van der Waals surface area contributed by atoms with Gasteiger partial charge in [-0.1, -0.05) is 6.08 Å². The number of likely N-dealkylation sites (N-methyl/N-ethyl adjacent to an activating group) is 1. The highest BCUT2D eigenvalue weighted by molar-refractivity contribution is 5.88. The average Bonchev–Trinajstić information content (AvgIpc) is 1.99. The molecule has 80 valence electrons. The molecular formula is C10H17FN2O. The molecule has 0 atom stereocenters. The number of carbonyl (C=O) groups is 1. The van der Waals surface area contributed by atoms with Crippen LogP contribution in [0.2, 0.25) is 0 Å². The summed E-state index contributed by atoms with van der Waals surface area (Å²) < 4.78 is 13.0. The third-order valence-corrected chi connectivity index (χ3v) is 2.08. The first kappa shape index (κ1) is 11.2. The molecule has 0 aromatic rings. The van der Waals surface area contributed by atoms with E-state index in [0.29, 0.717) is 0 Å². The summed E-state index contributed by atoms with van der Waals surface area (Å²) in [6, 6.07) is 0. The lowest BCUT2D eigenvalue weighted by Crippen LogP contribution is -2.58. The van der Waals surface area contributed by atoms with Crippen LogP contribution >= 0.6 is 0 Å². The van der Waals surface area contributed by atoms with Crippen molar-refractivity contribution >= 4 is 5.91 Å². The monoisotopic (exact) mass is 200 g/mol. The zero-order chi connectivity index (χ0) is 10.8. The van der Waals surface area contributed by atoms with Gasteiger partial charge in [0, 0.05) is 12.6 Å². The van der Waals surface area contributed by atoms with Crippen LogP contribution in [0.4, 0.5) is 4.39 Å². The highest BCUT2D eigenvalue weighted by Gasteiger charge is 2.40. The Morgan fingerprint density at radius 3 is 2.57 bits per heavy atom. The Morgan fingerprint density at radius 1 is 1.57 bits per heavy atom. The minimum atomic E-state index is -1.18. The van der Waals surface area contributed by atoms with E-state index in [1.54, 1.807) is 6.08 Å². The molecule has 1 rings (SSSR count). The number of amides is 1. The number of rotatable bonds is 3. The van der Waals surface area contributed by atoms with Gasteiger partial charge in [-0.3, -0.25) is 4.79 Å². The fourth-order valence-corrected chi connectivity index (χ4v) is 1.38. The van der Waals surface area contributed by atoms with E-state index in [1.165, 1.54) is 17.9 Å². The van der Waals surface area contributed by atoms with Crippen molar-refractivity contribution in [2.45, 2.75) is 12.6 Å². The Hall–Kier alpha value is -0.900. The Labute approximate surface area is 84.2 Å². The summed E-state index contributed by atoms with van der Waals surface area (Å²) in [5, 5.41) is 0. The number of hydrogen-bond acceptors (Lipinski definition) is 2. The summed E-state index contributed by atoms with van der Waals surface area (Å²) in [6.45, 7) is 2.68. The van der Waals surface area contributed by atoms with Crippen LogP contribution in [-0.2, 0) is 4.79 Å². The Balaban J connectivity index is 2.27. The van der Waals surface area contributed by atoms with Crippen molar-refractivity contribution in [3.05, 3.63) is 12.2 Å². The van der Waals surface area contributed by atoms with E-state index < -0.39 is 5.67 Å². The van der Waals surface area contributed by atoms with Gasteiger partial charge in [-0.25, -0.2) is 4.39 Å². The summed E-state index contributed by atoms with van der Waals surface area (Å²) in [6.07, 6.45) is 3.30. The molecule has 0 aliphatic carbocycles. The van der Waals surface area contributed by atoms with Crippen molar-refractivity contribution in [2.24, 2.45) is 0 Å². The topological polar surface area (TPSA) is 23.6 Å². The van der Waals surface area contributed by atoms with Crippen molar-refractivity contribution in [1.82, 2.24) is 9.80 Å². The van der Waals surface area contributed by atoms with Crippen LogP contribution in [0.5, 0.6) is 0 Å². The first-order chi connectivity index (χ1) is 6.41. The van der Waals surface area contributed by atoms with Crippen LogP contribution in [0.3, 0.4) is 0 Å². The van der Waals surface area contributed by atoms with Gasteiger partial charge in [0.05, 0.1) is 13.1 Å². The van der Waals surface area contributed by atoms with E-state index in [4.69, 9.17) is 0 Å². The Bertz CT molecular complexity index is 241. The fourth-order valence-electron chi connectivity index (χ4n) is 1.38. The summed E-state index contributed by atoms with van der Waals surface area (Å²) >= 11 is 0. The average molecular weight is 200 g/mol. The Kier molecular flexibility index (Phi) is 3.26. The minimum absolute atomic E-state index is 0.0954. The van der Waals surface area contributed by atoms with Crippen LogP contribution in [0.15, 0.2) is 12.2 Å². The quantitative estimate of drug-likeness (QED) is 0.625. The number of alkyl halides is 1. The molecule has 0 spiro atoms. The lowest BCUT2D eigenvalue weighted by atomic mass is 9.99. The van der Waals surface area contributed by atoms with Gasteiger partial charge in [-0.15, -0.1) is 0 Å². The molecule has 0 aromatic heterocycles. The molecule has 0 radical (unpaired) electrons. The molecule has 4 heteroatoms. The van der Waals surface area contributed by atoms with Crippen LogP contribution < -0.4 is 0 Å². The third kappa shape index (κ3) is 3.10. The van der Waals surface area contributed by atoms with Gasteiger partial charge in [-0.05, 0) is 21.0 Å². The van der Waals surface area contributed by atoms with Gasteiger partial charge in [0.2, 0.25) is 5.91 Å². The van der Waals surface area contributed by atoms with Crippen LogP contribution in [0.25, 0.3) is 0 Å². The number of likely N-dealkylation sites (tertiary alicyclic amines) is 1. The van der Waals surface area contributed by atoms with E-state index in [9.17, 15) is 9.18 Å². The zero-order valence-electron chi connectivity index (χ0n) is 8.96. The first-order valence-electron chi connectivity index (χ1n) is 4.70. The summed E-state index contributed by atoms with van der Waals surface area (Å²) in [5.41, 5.74) is -1.18. The maximum absolute atomic E-state index is 13.0. The van der Waals surface area contributed by atoms with Crippen LogP contribution in [-0.4, -0.2) is 55.1 Å². The maximum Gasteiger partial charge on any atom is 0.246 e. The van der Waals surface area contributed by atoms with E-state index >= 15 is 0 Å². The normalized spacial score (nSPS) is 20.2. The largest absolute Gasteiger partial charge is 0.333 e. The lowest BCUT2D eigenvalue weighted by Gasteiger charge is -2.41. The second kappa shape index (κ2) is 4.09. The standard InChI is InChI=1S/C10H17FN2O/c1-10(11)7-13(8-10)9(14)5-4-6-12(2)3/h4-5H,6-8H2,1-3H3/b5-4+. The van der Waals surface area contributed by atoms with Crippen LogP contribution in [0.1, 0.15) is 6.92 Å². The van der Waals surface area contributed by atoms with E-state index in [2.05, 4.69) is 0 Å². The molecule has 3 nitrogen and oxygen atoms in total. The molecule has 0 bridgehead atoms. The van der Waals surface area contributed by atoms with Crippen molar-refractivity contribution < 1.29 is 9.18 Å². The lowest BCUT2D eigenvalue weighted by molar-refractivity contribution is -0.138. The molecule has 1 fully saturated rings. The van der Waals surface area contributed by atoms with Gasteiger partial charge in [0.15, 0.2) is 0 Å². The third-order valence-electron chi connectivity index (χ3n) is 2.08. The zero-order valence-corrected chi connectivity index (χ0v) is 8.96. The van der Waals surface area contributed by atoms with Crippen molar-refractivity contribution in [2.75, 3.05) is 33.7 Å². The van der Waals surface area contributed by atoms with Gasteiger partial charge in [0.25, 0.3) is 0 Å². The molecule has 0 unspecified atom stereocenters. The molecule has 1 aliphatic rings. The molecule has 1 heterocycles. The van der Waals surface area contributed by atoms with Gasteiger partial charge >= 0.3 is 0 Å². The van der Waals surface area contributed by atoms with E-state index in [-0.39, 0.29) is 19.0 Å². The van der Waals surface area contributed by atoms with Crippen LogP contribution in [0, 0.1) is 0 Å². The predicted molar refractivity (Wildman–Crippen MR) is 53.8 cm³/mol. The minimum Gasteiger partial charge on any atom is -0.333 e. The summed E-state index contributed by atoms with van der Waals surface area (Å²) in [5.74, 6) is -0.0954. The van der Waals surface area contributed by atoms with Gasteiger partial charge in [0.1, 0.15) is 5.67 Å². The number of nitrogens with zero attached hydrogens (tertiary/aromatic N) is 2. The number of carbonyl (C=O) groups excluding carboxylic acids is 1. The van der Waals surface area contributed by atoms with E-state index in [1.807, 2.05) is 19.0 Å². The van der Waals surface area contributed by atoms with Crippen molar-refractivity contribution in [1.29, 1.82) is 0 Å². The number of halogens is 1. The van der Waals surface area contributed by atoms with Gasteiger partial charge < -0.3 is 9.80 Å². The molecular weight excluding hydrogens is 183 g/mol.